The van der Waals surface area contributed by atoms with Gasteiger partial charge in [0.05, 0.1) is 11.8 Å². The Morgan fingerprint density at radius 2 is 1.12 bits per heavy atom. The van der Waals surface area contributed by atoms with Gasteiger partial charge in [0.2, 0.25) is 11.8 Å². The van der Waals surface area contributed by atoms with E-state index in [1.54, 1.807) is 0 Å². The summed E-state index contributed by atoms with van der Waals surface area (Å²) in [6.07, 6.45) is 0. The fraction of sp³-hybridized carbons (Fsp3) is 0.846. The highest BCUT2D eigenvalue weighted by molar-refractivity contribution is 6.05. The van der Waals surface area contributed by atoms with Gasteiger partial charge < -0.3 is 0 Å². The van der Waals surface area contributed by atoms with Crippen LogP contribution in [0.25, 0.3) is 0 Å². The minimum atomic E-state index is -0.130. The average molecular weight is 225 g/mol. The lowest BCUT2D eigenvalue weighted by Gasteiger charge is -2.21. The molecule has 0 aliphatic carbocycles. The van der Waals surface area contributed by atoms with Crippen molar-refractivity contribution in [3.8, 4) is 0 Å². The van der Waals surface area contributed by atoms with E-state index in [0.29, 0.717) is 0 Å². The highest BCUT2D eigenvalue weighted by Crippen LogP contribution is 2.37. The molecule has 1 rings (SSSR count). The lowest BCUT2D eigenvalue weighted by molar-refractivity contribution is -0.142. The van der Waals surface area contributed by atoms with E-state index in [1.165, 1.54) is 4.90 Å². The van der Waals surface area contributed by atoms with Crippen LogP contribution in [-0.2, 0) is 9.59 Å². The van der Waals surface area contributed by atoms with Crippen molar-refractivity contribution in [2.24, 2.45) is 23.7 Å². The first-order chi connectivity index (χ1) is 7.29. The van der Waals surface area contributed by atoms with Gasteiger partial charge in [-0.15, -0.1) is 0 Å². The molecule has 0 aromatic rings. The van der Waals surface area contributed by atoms with Gasteiger partial charge in [-0.25, -0.2) is 0 Å². The van der Waals surface area contributed by atoms with E-state index >= 15 is 0 Å². The maximum absolute atomic E-state index is 12.2. The Bertz CT molecular complexity index is 268. The van der Waals surface area contributed by atoms with E-state index in [0.717, 1.165) is 0 Å². The second-order valence-electron chi connectivity index (χ2n) is 5.68. The number of hydrogen-bond donors (Lipinski definition) is 0. The Labute approximate surface area is 98.2 Å². The van der Waals surface area contributed by atoms with Crippen LogP contribution in [0, 0.1) is 23.7 Å². The van der Waals surface area contributed by atoms with Crippen molar-refractivity contribution in [1.29, 1.82) is 0 Å². The summed E-state index contributed by atoms with van der Waals surface area (Å²) in [4.78, 5) is 25.9. The molecule has 1 heterocycles. The molecule has 0 radical (unpaired) electrons. The summed E-state index contributed by atoms with van der Waals surface area (Å²) in [6.45, 7) is 11.9. The molecule has 1 saturated heterocycles. The predicted octanol–water partition coefficient (Wildman–Crippen LogP) is 2.31. The SMILES string of the molecule is CC(C)C1C(=O)N(C(C)C)C(=O)C1C(C)C. The molecule has 2 atom stereocenters. The zero-order valence-electron chi connectivity index (χ0n) is 11.2. The van der Waals surface area contributed by atoms with Crippen molar-refractivity contribution in [3.05, 3.63) is 0 Å². The number of hydrogen-bond acceptors (Lipinski definition) is 2. The molecule has 1 aliphatic rings. The van der Waals surface area contributed by atoms with Crippen molar-refractivity contribution in [3.63, 3.8) is 0 Å². The van der Waals surface area contributed by atoms with E-state index < -0.39 is 0 Å². The van der Waals surface area contributed by atoms with Gasteiger partial charge in [0, 0.05) is 6.04 Å². The maximum Gasteiger partial charge on any atom is 0.233 e. The van der Waals surface area contributed by atoms with Gasteiger partial charge in [-0.2, -0.15) is 0 Å². The number of carbonyl (C=O) groups excluding carboxylic acids is 2. The van der Waals surface area contributed by atoms with Crippen molar-refractivity contribution in [2.75, 3.05) is 0 Å². The highest BCUT2D eigenvalue weighted by atomic mass is 16.2. The highest BCUT2D eigenvalue weighted by Gasteiger charge is 2.50. The molecule has 2 unspecified atom stereocenters. The molecule has 16 heavy (non-hydrogen) atoms. The summed E-state index contributed by atoms with van der Waals surface area (Å²) in [5.41, 5.74) is 0. The van der Waals surface area contributed by atoms with Crippen molar-refractivity contribution in [1.82, 2.24) is 4.90 Å². The third-order valence-corrected chi connectivity index (χ3v) is 3.38. The third-order valence-electron chi connectivity index (χ3n) is 3.38. The van der Waals surface area contributed by atoms with E-state index in [2.05, 4.69) is 0 Å². The minimum absolute atomic E-state index is 0.0219. The van der Waals surface area contributed by atoms with Crippen molar-refractivity contribution in [2.45, 2.75) is 47.6 Å². The number of carbonyl (C=O) groups is 2. The number of likely N-dealkylation sites (tertiary alicyclic amines) is 1. The van der Waals surface area contributed by atoms with Gasteiger partial charge in [-0.05, 0) is 25.7 Å². The molecule has 0 spiro atoms. The van der Waals surface area contributed by atoms with Crippen LogP contribution in [0.5, 0.6) is 0 Å². The van der Waals surface area contributed by atoms with E-state index in [1.807, 2.05) is 41.5 Å². The van der Waals surface area contributed by atoms with Gasteiger partial charge in [-0.1, -0.05) is 27.7 Å². The average Bonchev–Trinajstić information content (AvgIpc) is 2.36. The molecule has 2 amide bonds. The first kappa shape index (κ1) is 13.2. The lowest BCUT2D eigenvalue weighted by Crippen LogP contribution is -2.37. The van der Waals surface area contributed by atoms with Crippen LogP contribution >= 0.6 is 0 Å². The van der Waals surface area contributed by atoms with Crippen molar-refractivity contribution >= 4 is 11.8 Å². The summed E-state index contributed by atoms with van der Waals surface area (Å²) >= 11 is 0. The third kappa shape index (κ3) is 2.00. The Morgan fingerprint density at radius 3 is 1.31 bits per heavy atom. The molecule has 0 N–H and O–H groups in total. The molecule has 1 fully saturated rings. The zero-order valence-corrected chi connectivity index (χ0v) is 11.2. The molecule has 0 aromatic heterocycles. The first-order valence-electron chi connectivity index (χ1n) is 6.16. The Kier molecular flexibility index (Phi) is 3.76. The summed E-state index contributed by atoms with van der Waals surface area (Å²) in [5.74, 6) is 0.243. The Balaban J connectivity index is 3.09. The lowest BCUT2D eigenvalue weighted by atomic mass is 9.79. The first-order valence-corrected chi connectivity index (χ1v) is 6.16. The molecular weight excluding hydrogens is 202 g/mol. The summed E-state index contributed by atoms with van der Waals surface area (Å²) in [5, 5.41) is 0. The quantitative estimate of drug-likeness (QED) is 0.691. The predicted molar refractivity (Wildman–Crippen MR) is 63.6 cm³/mol. The van der Waals surface area contributed by atoms with Crippen LogP contribution in [0.1, 0.15) is 41.5 Å². The molecule has 3 nitrogen and oxygen atoms in total. The summed E-state index contributed by atoms with van der Waals surface area (Å²) in [7, 11) is 0. The minimum Gasteiger partial charge on any atom is -0.280 e. The van der Waals surface area contributed by atoms with Gasteiger partial charge in [0.1, 0.15) is 0 Å². The molecule has 3 heteroatoms. The molecule has 0 saturated carbocycles. The monoisotopic (exact) mass is 225 g/mol. The molecular formula is C13H23NO2. The van der Waals surface area contributed by atoms with E-state index in [9.17, 15) is 9.59 Å². The van der Waals surface area contributed by atoms with Crippen LogP contribution in [0.15, 0.2) is 0 Å². The van der Waals surface area contributed by atoms with Gasteiger partial charge >= 0.3 is 0 Å². The van der Waals surface area contributed by atoms with Crippen LogP contribution in [-0.4, -0.2) is 22.8 Å². The molecule has 92 valence electrons. The normalized spacial score (nSPS) is 26.7. The Morgan fingerprint density at radius 1 is 0.812 bits per heavy atom. The molecule has 0 aromatic carbocycles. The fourth-order valence-electron chi connectivity index (χ4n) is 2.65. The summed E-state index contributed by atoms with van der Waals surface area (Å²) in [6, 6.07) is -0.0231. The second kappa shape index (κ2) is 4.56. The standard InChI is InChI=1S/C13H23NO2/c1-7(2)10-11(8(3)4)13(16)14(9(5)6)12(10)15/h7-11H,1-6H3. The van der Waals surface area contributed by atoms with Crippen LogP contribution in [0.2, 0.25) is 0 Å². The van der Waals surface area contributed by atoms with E-state index in [-0.39, 0.29) is 41.5 Å². The number of amides is 2. The maximum atomic E-state index is 12.2. The number of rotatable bonds is 3. The van der Waals surface area contributed by atoms with Crippen LogP contribution in [0.3, 0.4) is 0 Å². The van der Waals surface area contributed by atoms with Crippen LogP contribution < -0.4 is 0 Å². The molecule has 0 bridgehead atoms. The van der Waals surface area contributed by atoms with Crippen molar-refractivity contribution < 1.29 is 9.59 Å². The topological polar surface area (TPSA) is 37.4 Å². The summed E-state index contributed by atoms with van der Waals surface area (Å²) < 4.78 is 0. The number of imide groups is 1. The second-order valence-corrected chi connectivity index (χ2v) is 5.68. The largest absolute Gasteiger partial charge is 0.280 e. The van der Waals surface area contributed by atoms with Crippen LogP contribution in [0.4, 0.5) is 0 Å². The smallest absolute Gasteiger partial charge is 0.233 e. The number of nitrogens with zero attached hydrogens (tertiary/aromatic N) is 1. The zero-order chi connectivity index (χ0) is 12.6. The molecule has 1 aliphatic heterocycles. The Hall–Kier alpha value is -0.860. The van der Waals surface area contributed by atoms with Gasteiger partial charge in [-0.3, -0.25) is 14.5 Å². The van der Waals surface area contributed by atoms with Gasteiger partial charge in [0.25, 0.3) is 0 Å². The van der Waals surface area contributed by atoms with E-state index in [4.69, 9.17) is 0 Å². The fourth-order valence-corrected chi connectivity index (χ4v) is 2.65. The van der Waals surface area contributed by atoms with Gasteiger partial charge in [0.15, 0.2) is 0 Å².